The quantitative estimate of drug-likeness (QED) is 0.680. The summed E-state index contributed by atoms with van der Waals surface area (Å²) in [6.07, 6.45) is 0. The molecule has 0 fully saturated rings. The minimum atomic E-state index is -3.93. The van der Waals surface area contributed by atoms with E-state index in [1.807, 2.05) is 12.1 Å². The topological polar surface area (TPSA) is 66.5 Å². The molecule has 3 rings (SSSR count). The third kappa shape index (κ3) is 4.18. The number of amides is 1. The van der Waals surface area contributed by atoms with Crippen LogP contribution in [0.1, 0.15) is 6.92 Å². The summed E-state index contributed by atoms with van der Waals surface area (Å²) >= 11 is 0. The van der Waals surface area contributed by atoms with E-state index in [2.05, 4.69) is 5.32 Å². The first kappa shape index (κ1) is 19.9. The highest BCUT2D eigenvalue weighted by Gasteiger charge is 2.25. The van der Waals surface area contributed by atoms with E-state index in [1.54, 1.807) is 31.2 Å². The zero-order valence-electron chi connectivity index (χ0n) is 15.0. The molecule has 0 aliphatic carbocycles. The SMILES string of the molecule is CCN(CC(=O)Nc1ccc(F)cc1F)S(=O)(=O)c1ccc2ccccc2c1. The molecule has 1 amide bonds. The van der Waals surface area contributed by atoms with Gasteiger partial charge in [-0.2, -0.15) is 4.31 Å². The fraction of sp³-hybridized carbons (Fsp3) is 0.150. The van der Waals surface area contributed by atoms with E-state index in [4.69, 9.17) is 0 Å². The Labute approximate surface area is 161 Å². The first-order chi connectivity index (χ1) is 13.3. The Morgan fingerprint density at radius 3 is 2.39 bits per heavy atom. The molecule has 3 aromatic carbocycles. The lowest BCUT2D eigenvalue weighted by Crippen LogP contribution is -2.38. The van der Waals surface area contributed by atoms with Crippen LogP contribution in [0.5, 0.6) is 0 Å². The highest BCUT2D eigenvalue weighted by atomic mass is 32.2. The normalized spacial score (nSPS) is 11.7. The Hall–Kier alpha value is -2.84. The van der Waals surface area contributed by atoms with Gasteiger partial charge >= 0.3 is 0 Å². The van der Waals surface area contributed by atoms with E-state index in [9.17, 15) is 22.0 Å². The van der Waals surface area contributed by atoms with Crippen LogP contribution in [0.25, 0.3) is 10.8 Å². The maximum atomic E-state index is 13.7. The van der Waals surface area contributed by atoms with Gasteiger partial charge in [0.15, 0.2) is 0 Å². The largest absolute Gasteiger partial charge is 0.322 e. The van der Waals surface area contributed by atoms with Crippen LogP contribution in [-0.4, -0.2) is 31.7 Å². The van der Waals surface area contributed by atoms with Gasteiger partial charge in [-0.25, -0.2) is 17.2 Å². The number of benzene rings is 3. The molecule has 0 atom stereocenters. The summed E-state index contributed by atoms with van der Waals surface area (Å²) in [6, 6.07) is 14.8. The second-order valence-corrected chi connectivity index (χ2v) is 8.05. The van der Waals surface area contributed by atoms with Crippen LogP contribution < -0.4 is 5.32 Å². The van der Waals surface area contributed by atoms with Crippen LogP contribution in [0, 0.1) is 11.6 Å². The fourth-order valence-electron chi connectivity index (χ4n) is 2.78. The van der Waals surface area contributed by atoms with Crippen molar-refractivity contribution >= 4 is 32.4 Å². The average Bonchev–Trinajstić information content (AvgIpc) is 2.67. The molecular formula is C20H18F2N2O3S. The second kappa shape index (κ2) is 8.04. The van der Waals surface area contributed by atoms with Gasteiger partial charge in [0.05, 0.1) is 17.1 Å². The molecule has 0 aliphatic rings. The Kier molecular flexibility index (Phi) is 5.71. The van der Waals surface area contributed by atoms with Crippen LogP contribution in [0.3, 0.4) is 0 Å². The summed E-state index contributed by atoms with van der Waals surface area (Å²) in [4.78, 5) is 12.3. The molecule has 0 aliphatic heterocycles. The lowest BCUT2D eigenvalue weighted by atomic mass is 10.1. The molecule has 0 radical (unpaired) electrons. The van der Waals surface area contributed by atoms with Crippen LogP contribution >= 0.6 is 0 Å². The number of hydrogen-bond acceptors (Lipinski definition) is 3. The second-order valence-electron chi connectivity index (χ2n) is 6.11. The molecule has 3 aromatic rings. The molecule has 0 saturated carbocycles. The lowest BCUT2D eigenvalue weighted by Gasteiger charge is -2.20. The van der Waals surface area contributed by atoms with E-state index in [1.165, 1.54) is 6.07 Å². The number of hydrogen-bond donors (Lipinski definition) is 1. The highest BCUT2D eigenvalue weighted by molar-refractivity contribution is 7.89. The molecule has 1 N–H and O–H groups in total. The van der Waals surface area contributed by atoms with Crippen molar-refractivity contribution in [2.24, 2.45) is 0 Å². The van der Waals surface area contributed by atoms with Gasteiger partial charge in [-0.05, 0) is 35.0 Å². The zero-order valence-corrected chi connectivity index (χ0v) is 15.8. The maximum absolute atomic E-state index is 13.7. The number of halogens is 2. The first-order valence-electron chi connectivity index (χ1n) is 8.55. The number of carbonyl (C=O) groups excluding carboxylic acids is 1. The van der Waals surface area contributed by atoms with Crippen molar-refractivity contribution in [3.8, 4) is 0 Å². The lowest BCUT2D eigenvalue weighted by molar-refractivity contribution is -0.116. The Balaban J connectivity index is 1.81. The van der Waals surface area contributed by atoms with Crippen molar-refractivity contribution in [3.63, 3.8) is 0 Å². The molecule has 0 heterocycles. The monoisotopic (exact) mass is 404 g/mol. The number of rotatable bonds is 6. The maximum Gasteiger partial charge on any atom is 0.243 e. The van der Waals surface area contributed by atoms with Gasteiger partial charge in [-0.3, -0.25) is 4.79 Å². The van der Waals surface area contributed by atoms with Crippen molar-refractivity contribution in [3.05, 3.63) is 72.3 Å². The summed E-state index contributed by atoms with van der Waals surface area (Å²) in [7, 11) is -3.93. The van der Waals surface area contributed by atoms with Crippen LogP contribution in [0.15, 0.2) is 65.6 Å². The van der Waals surface area contributed by atoms with Gasteiger partial charge in [0, 0.05) is 12.6 Å². The van der Waals surface area contributed by atoms with Crippen LogP contribution in [0.4, 0.5) is 14.5 Å². The third-order valence-corrected chi connectivity index (χ3v) is 6.15. The molecule has 146 valence electrons. The smallest absolute Gasteiger partial charge is 0.243 e. The van der Waals surface area contributed by atoms with Gasteiger partial charge in [0.2, 0.25) is 15.9 Å². The minimum absolute atomic E-state index is 0.0501. The molecule has 28 heavy (non-hydrogen) atoms. The molecule has 0 spiro atoms. The Bertz CT molecular complexity index is 1130. The average molecular weight is 404 g/mol. The van der Waals surface area contributed by atoms with E-state index >= 15 is 0 Å². The highest BCUT2D eigenvalue weighted by Crippen LogP contribution is 2.22. The molecule has 0 bridgehead atoms. The first-order valence-corrected chi connectivity index (χ1v) is 9.99. The van der Waals surface area contributed by atoms with Gasteiger partial charge in [-0.1, -0.05) is 37.3 Å². The predicted octanol–water partition coefficient (Wildman–Crippen LogP) is 3.77. The third-order valence-electron chi connectivity index (χ3n) is 4.24. The molecule has 5 nitrogen and oxygen atoms in total. The van der Waals surface area contributed by atoms with Crippen LogP contribution in [0.2, 0.25) is 0 Å². The molecule has 8 heteroatoms. The van der Waals surface area contributed by atoms with Gasteiger partial charge < -0.3 is 5.32 Å². The summed E-state index contributed by atoms with van der Waals surface area (Å²) in [5.41, 5.74) is -0.217. The van der Waals surface area contributed by atoms with E-state index in [0.29, 0.717) is 6.07 Å². The van der Waals surface area contributed by atoms with Gasteiger partial charge in [-0.15, -0.1) is 0 Å². The van der Waals surface area contributed by atoms with E-state index < -0.39 is 34.1 Å². The standard InChI is InChI=1S/C20H18F2N2O3S/c1-2-24(13-20(25)23-19-10-8-16(21)12-18(19)22)28(26,27)17-9-7-14-5-3-4-6-15(14)11-17/h3-12H,2,13H2,1H3,(H,23,25). The van der Waals surface area contributed by atoms with Gasteiger partial charge in [0.25, 0.3) is 0 Å². The predicted molar refractivity (Wildman–Crippen MR) is 103 cm³/mol. The summed E-state index contributed by atoms with van der Waals surface area (Å²) in [5, 5.41) is 3.93. The van der Waals surface area contributed by atoms with Crippen molar-refractivity contribution in [1.29, 1.82) is 0 Å². The number of nitrogens with one attached hydrogen (secondary N) is 1. The van der Waals surface area contributed by atoms with Crippen molar-refractivity contribution in [1.82, 2.24) is 4.31 Å². The number of likely N-dealkylation sites (N-methyl/N-ethyl adjacent to an activating group) is 1. The number of sulfonamides is 1. The number of anilines is 1. The Morgan fingerprint density at radius 2 is 1.71 bits per heavy atom. The number of carbonyl (C=O) groups is 1. The van der Waals surface area contributed by atoms with Gasteiger partial charge in [0.1, 0.15) is 11.6 Å². The summed E-state index contributed by atoms with van der Waals surface area (Å²) in [5.74, 6) is -2.44. The fourth-order valence-corrected chi connectivity index (χ4v) is 4.23. The zero-order chi connectivity index (χ0) is 20.3. The molecule has 0 saturated heterocycles. The van der Waals surface area contributed by atoms with Crippen LogP contribution in [-0.2, 0) is 14.8 Å². The Morgan fingerprint density at radius 1 is 1.00 bits per heavy atom. The summed E-state index contributed by atoms with van der Waals surface area (Å²) in [6.45, 7) is 1.15. The molecule has 0 unspecified atom stereocenters. The summed E-state index contributed by atoms with van der Waals surface area (Å²) < 4.78 is 53.5. The molecular weight excluding hydrogens is 386 g/mol. The minimum Gasteiger partial charge on any atom is -0.322 e. The van der Waals surface area contributed by atoms with E-state index in [-0.39, 0.29) is 17.1 Å². The van der Waals surface area contributed by atoms with E-state index in [0.717, 1.165) is 27.2 Å². The van der Waals surface area contributed by atoms with Crippen molar-refractivity contribution in [2.45, 2.75) is 11.8 Å². The number of fused-ring (bicyclic) bond motifs is 1. The van der Waals surface area contributed by atoms with Crippen molar-refractivity contribution in [2.75, 3.05) is 18.4 Å². The number of nitrogens with zero attached hydrogens (tertiary/aromatic N) is 1. The van der Waals surface area contributed by atoms with Crippen molar-refractivity contribution < 1.29 is 22.0 Å². The molecule has 0 aromatic heterocycles.